The molecule has 0 aromatic heterocycles. The fraction of sp³-hybridized carbons (Fsp3) is 0.182. The molecule has 0 aliphatic rings. The maximum absolute atomic E-state index is 11.0. The number of aliphatic hydroxyl groups excluding tert-OH is 1. The second-order valence-electron chi connectivity index (χ2n) is 3.23. The van der Waals surface area contributed by atoms with Crippen molar-refractivity contribution in [3.8, 4) is 0 Å². The van der Waals surface area contributed by atoms with E-state index in [1.54, 1.807) is 19.1 Å². The summed E-state index contributed by atoms with van der Waals surface area (Å²) in [6, 6.07) is 6.23. The van der Waals surface area contributed by atoms with Crippen molar-refractivity contribution < 1.29 is 90.6 Å². The van der Waals surface area contributed by atoms with Crippen LogP contribution in [0.2, 0.25) is 0 Å². The molecule has 0 bridgehead atoms. The van der Waals surface area contributed by atoms with E-state index in [-0.39, 0.29) is 74.2 Å². The molecular formula is C11H12KMnO9. The van der Waals surface area contributed by atoms with E-state index in [9.17, 15) is 14.4 Å². The van der Waals surface area contributed by atoms with Gasteiger partial charge >= 0.3 is 80.0 Å². The van der Waals surface area contributed by atoms with Crippen molar-refractivity contribution in [3.05, 3.63) is 54.9 Å². The van der Waals surface area contributed by atoms with Crippen molar-refractivity contribution in [3.63, 3.8) is 0 Å². The van der Waals surface area contributed by atoms with Gasteiger partial charge in [0.15, 0.2) is 0 Å². The Labute approximate surface area is 168 Å². The quantitative estimate of drug-likeness (QED) is 0.346. The SMILES string of the molecule is CCO.O.O=c1c(=O)c2ccccc2c1=O.[K+].[O]=[Mn](=[O])(=[O])[O-]. The van der Waals surface area contributed by atoms with Gasteiger partial charge in [0, 0.05) is 17.4 Å². The number of aliphatic hydroxyl groups is 1. The molecule has 0 aliphatic heterocycles. The molecule has 2 aromatic rings. The summed E-state index contributed by atoms with van der Waals surface area (Å²) in [7, 11) is 0. The Morgan fingerprint density at radius 3 is 1.41 bits per heavy atom. The van der Waals surface area contributed by atoms with E-state index in [1.165, 1.54) is 12.1 Å². The van der Waals surface area contributed by atoms with Gasteiger partial charge in [0.05, 0.1) is 0 Å². The molecule has 3 N–H and O–H groups in total. The molecule has 0 heterocycles. The molecule has 118 valence electrons. The van der Waals surface area contributed by atoms with Gasteiger partial charge in [-0.1, -0.05) is 24.3 Å². The zero-order valence-electron chi connectivity index (χ0n) is 11.7. The molecule has 11 heteroatoms. The van der Waals surface area contributed by atoms with Crippen LogP contribution in [0, 0.1) is 0 Å². The summed E-state index contributed by atoms with van der Waals surface area (Å²) in [6.45, 7) is 1.93. The predicted molar refractivity (Wildman–Crippen MR) is 63.6 cm³/mol. The third kappa shape index (κ3) is 9.64. The first-order valence-corrected chi connectivity index (χ1v) is 7.01. The van der Waals surface area contributed by atoms with Gasteiger partial charge in [-0.3, -0.25) is 14.4 Å². The summed E-state index contributed by atoms with van der Waals surface area (Å²) in [5, 5.41) is 8.03. The van der Waals surface area contributed by atoms with Crippen LogP contribution >= 0.6 is 0 Å². The van der Waals surface area contributed by atoms with E-state index in [1.807, 2.05) is 0 Å². The van der Waals surface area contributed by atoms with Crippen LogP contribution in [0.3, 0.4) is 0 Å². The molecule has 0 radical (unpaired) electrons. The van der Waals surface area contributed by atoms with Crippen molar-refractivity contribution in [1.82, 2.24) is 0 Å². The average molecular weight is 382 g/mol. The number of benzene rings is 1. The Bertz CT molecular complexity index is 810. The summed E-state index contributed by atoms with van der Waals surface area (Å²) in [6.07, 6.45) is 0. The molecule has 9 nitrogen and oxygen atoms in total. The first-order valence-electron chi connectivity index (χ1n) is 5.08. The Balaban J connectivity index is -0.000000312. The summed E-state index contributed by atoms with van der Waals surface area (Å²) in [4.78, 5) is 32.9. The van der Waals surface area contributed by atoms with Gasteiger partial charge in [-0.2, -0.15) is 0 Å². The minimum atomic E-state index is -5.62. The molecule has 0 amide bonds. The number of fused-ring (bicyclic) bond motifs is 1. The van der Waals surface area contributed by atoms with Crippen molar-refractivity contribution in [2.45, 2.75) is 6.92 Å². The van der Waals surface area contributed by atoms with Crippen LogP contribution in [-0.2, 0) is 24.5 Å². The zero-order chi connectivity index (χ0) is 15.9. The van der Waals surface area contributed by atoms with Gasteiger partial charge in [-0.05, 0) is 6.92 Å². The van der Waals surface area contributed by atoms with Gasteiger partial charge in [-0.25, -0.2) is 0 Å². The van der Waals surface area contributed by atoms with Crippen LogP contribution in [0.4, 0.5) is 0 Å². The number of hydrogen-bond acceptors (Lipinski definition) is 8. The van der Waals surface area contributed by atoms with Crippen molar-refractivity contribution in [2.24, 2.45) is 0 Å². The summed E-state index contributed by atoms with van der Waals surface area (Å²) >= 11 is -5.62. The standard InChI is InChI=1S/C9H4O3.C2H6O.K.Mn.H2O.4O/c10-7-5-3-1-2-4-6(5)8(11)9(7)12;1-2-3;;;;;;;/h1-4H;3H,2H2,1H3;;;1H2;;;;/q;;+1;;;;;;-1. The molecule has 0 atom stereocenters. The van der Waals surface area contributed by atoms with E-state index in [0.717, 1.165) is 0 Å². The van der Waals surface area contributed by atoms with Gasteiger partial charge < -0.3 is 10.6 Å². The van der Waals surface area contributed by atoms with Crippen LogP contribution in [0.5, 0.6) is 0 Å². The van der Waals surface area contributed by atoms with Gasteiger partial charge in [0.25, 0.3) is 5.43 Å². The van der Waals surface area contributed by atoms with E-state index in [0.29, 0.717) is 0 Å². The molecule has 0 fully saturated rings. The van der Waals surface area contributed by atoms with Gasteiger partial charge in [0.1, 0.15) is 0 Å². The molecule has 0 saturated heterocycles. The topological polar surface area (TPSA) is 177 Å². The average Bonchev–Trinajstić information content (AvgIpc) is 2.54. The normalized spacial score (nSPS) is 9.23. The molecule has 0 saturated carbocycles. The van der Waals surface area contributed by atoms with Crippen molar-refractivity contribution in [1.29, 1.82) is 0 Å². The third-order valence-corrected chi connectivity index (χ3v) is 1.83. The second-order valence-corrected chi connectivity index (χ2v) is 4.41. The minimum absolute atomic E-state index is 0. The fourth-order valence-electron chi connectivity index (χ4n) is 1.23. The summed E-state index contributed by atoms with van der Waals surface area (Å²) in [5.74, 6) is 0. The molecule has 2 rings (SSSR count). The van der Waals surface area contributed by atoms with Crippen LogP contribution in [0.1, 0.15) is 6.92 Å². The van der Waals surface area contributed by atoms with Crippen LogP contribution in [0.25, 0.3) is 10.8 Å². The third-order valence-electron chi connectivity index (χ3n) is 1.83. The molecule has 0 spiro atoms. The van der Waals surface area contributed by atoms with E-state index < -0.39 is 29.3 Å². The summed E-state index contributed by atoms with van der Waals surface area (Å²) in [5.41, 5.74) is -2.29. The van der Waals surface area contributed by atoms with Crippen LogP contribution in [-0.4, -0.2) is 17.2 Å². The Kier molecular flexibility index (Phi) is 14.6. The fourth-order valence-corrected chi connectivity index (χ4v) is 1.23. The molecule has 2 aromatic carbocycles. The number of rotatable bonds is 0. The Morgan fingerprint density at radius 1 is 0.955 bits per heavy atom. The van der Waals surface area contributed by atoms with Crippen molar-refractivity contribution >= 4 is 10.8 Å². The van der Waals surface area contributed by atoms with Crippen molar-refractivity contribution in [2.75, 3.05) is 6.61 Å². The monoisotopic (exact) mass is 382 g/mol. The first kappa shape index (κ1) is 26.6. The summed E-state index contributed by atoms with van der Waals surface area (Å²) < 4.78 is 34.3. The van der Waals surface area contributed by atoms with Crippen LogP contribution < -0.4 is 71.9 Å². The molecular weight excluding hydrogens is 370 g/mol. The van der Waals surface area contributed by atoms with E-state index in [4.69, 9.17) is 20.8 Å². The van der Waals surface area contributed by atoms with Crippen LogP contribution in [0.15, 0.2) is 38.6 Å². The second kappa shape index (κ2) is 12.1. The molecule has 22 heavy (non-hydrogen) atoms. The van der Waals surface area contributed by atoms with E-state index >= 15 is 0 Å². The van der Waals surface area contributed by atoms with Gasteiger partial charge in [-0.15, -0.1) is 0 Å². The number of hydrogen-bond donors (Lipinski definition) is 1. The zero-order valence-corrected chi connectivity index (χ0v) is 16.0. The molecule has 0 unspecified atom stereocenters. The predicted octanol–water partition coefficient (Wildman–Crippen LogP) is -5.57. The Morgan fingerprint density at radius 2 is 1.18 bits per heavy atom. The van der Waals surface area contributed by atoms with Gasteiger partial charge in [0.2, 0.25) is 10.9 Å². The molecule has 0 aliphatic carbocycles. The maximum atomic E-state index is 11.0. The Hall–Kier alpha value is -0.334. The first-order chi connectivity index (χ1) is 9.13. The van der Waals surface area contributed by atoms with E-state index in [2.05, 4.69) is 0 Å².